The maximum atomic E-state index is 11.7. The molecule has 2 amide bonds. The molecule has 0 aliphatic heterocycles. The Morgan fingerprint density at radius 2 is 0.700 bits per heavy atom. The highest BCUT2D eigenvalue weighted by Gasteiger charge is 2.03. The predicted molar refractivity (Wildman–Crippen MR) is 203 cm³/mol. The Kier molecular flexibility index (Phi) is 24.8. The minimum atomic E-state index is -0.402. The van der Waals surface area contributed by atoms with E-state index in [4.69, 9.17) is 9.47 Å². The second-order valence-corrected chi connectivity index (χ2v) is 11.3. The van der Waals surface area contributed by atoms with Crippen molar-refractivity contribution < 1.29 is 19.1 Å². The maximum Gasteiger partial charge on any atom is 0.411 e. The van der Waals surface area contributed by atoms with Crippen molar-refractivity contribution in [2.75, 3.05) is 23.8 Å². The van der Waals surface area contributed by atoms with Crippen LogP contribution in [0.1, 0.15) is 103 Å². The minimum Gasteiger partial charge on any atom is -0.449 e. The van der Waals surface area contributed by atoms with E-state index in [1.54, 1.807) is 0 Å². The number of anilines is 2. The van der Waals surface area contributed by atoms with E-state index >= 15 is 0 Å². The molecule has 0 spiro atoms. The molecule has 6 heteroatoms. The first-order valence-corrected chi connectivity index (χ1v) is 17.7. The van der Waals surface area contributed by atoms with Crippen molar-refractivity contribution in [2.45, 2.75) is 103 Å². The van der Waals surface area contributed by atoms with Crippen molar-refractivity contribution in [2.24, 2.45) is 0 Å². The lowest BCUT2D eigenvalue weighted by atomic mass is 10.1. The lowest BCUT2D eigenvalue weighted by molar-refractivity contribution is 0.158. The van der Waals surface area contributed by atoms with Crippen molar-refractivity contribution in [3.8, 4) is 71.0 Å². The van der Waals surface area contributed by atoms with Gasteiger partial charge in [-0.15, -0.1) is 0 Å². The van der Waals surface area contributed by atoms with Crippen LogP contribution in [0.3, 0.4) is 0 Å². The molecular formula is C44H48N2O4. The van der Waals surface area contributed by atoms with Gasteiger partial charge in [-0.25, -0.2) is 9.59 Å². The Labute approximate surface area is 300 Å². The summed E-state index contributed by atoms with van der Waals surface area (Å²) in [4.78, 5) is 23.4. The fraction of sp³-hybridized carbons (Fsp3) is 0.409. The number of unbranched alkanes of at least 4 members (excludes halogenated alkanes) is 14. The van der Waals surface area contributed by atoms with Crippen LogP contribution in [0, 0.1) is 71.0 Å². The Bertz CT molecular complexity index is 1510. The first-order valence-electron chi connectivity index (χ1n) is 17.7. The lowest BCUT2D eigenvalue weighted by Crippen LogP contribution is -2.14. The Balaban J connectivity index is 1.33. The van der Waals surface area contributed by atoms with Crippen LogP contribution in [0.4, 0.5) is 21.0 Å². The molecule has 0 radical (unpaired) electrons. The summed E-state index contributed by atoms with van der Waals surface area (Å²) in [7, 11) is 0. The summed E-state index contributed by atoms with van der Waals surface area (Å²) in [5.41, 5.74) is 1.48. The van der Waals surface area contributed by atoms with Crippen LogP contribution in [0.5, 0.6) is 0 Å². The molecule has 50 heavy (non-hydrogen) atoms. The number of benzene rings is 2. The topological polar surface area (TPSA) is 76.7 Å². The van der Waals surface area contributed by atoms with Crippen LogP contribution >= 0.6 is 0 Å². The Hall–Kier alpha value is -5.66. The molecule has 0 saturated carbocycles. The van der Waals surface area contributed by atoms with Gasteiger partial charge in [-0.3, -0.25) is 10.6 Å². The lowest BCUT2D eigenvalue weighted by Gasteiger charge is -2.06. The standard InChI is InChI=1S/C44H48N2O4/c47-43(45-41-35-29-27-30-36-41)49-39-33-25-23-21-19-17-15-13-11-9-7-5-3-1-2-4-6-8-10-12-14-16-18-20-22-24-26-34-40-50-44(48)46-42-37-31-28-32-38-42/h27-32,35-38H,13-26,33-34,39-40H2,(H,45,47)(H,46,48). The number of ether oxygens (including phenoxy) is 2. The van der Waals surface area contributed by atoms with Crippen molar-refractivity contribution in [3.63, 3.8) is 0 Å². The molecule has 0 aliphatic carbocycles. The molecule has 0 saturated heterocycles. The smallest absolute Gasteiger partial charge is 0.411 e. The molecule has 0 bridgehead atoms. The van der Waals surface area contributed by atoms with Gasteiger partial charge in [0.05, 0.1) is 13.2 Å². The van der Waals surface area contributed by atoms with Crippen molar-refractivity contribution in [1.82, 2.24) is 0 Å². The van der Waals surface area contributed by atoms with Gasteiger partial charge in [0, 0.05) is 24.2 Å². The summed E-state index contributed by atoms with van der Waals surface area (Å²) in [6.07, 6.45) is 16.2. The number of carbonyl (C=O) groups is 2. The zero-order chi connectivity index (χ0) is 35.4. The third-order valence-electron chi connectivity index (χ3n) is 7.14. The first kappa shape index (κ1) is 40.5. The molecule has 0 fully saturated rings. The number of hydrogen-bond donors (Lipinski definition) is 2. The van der Waals surface area contributed by atoms with Crippen LogP contribution in [-0.2, 0) is 9.47 Å². The van der Waals surface area contributed by atoms with Crippen molar-refractivity contribution in [3.05, 3.63) is 60.7 Å². The first-order chi connectivity index (χ1) is 24.7. The van der Waals surface area contributed by atoms with Crippen molar-refractivity contribution >= 4 is 23.6 Å². The monoisotopic (exact) mass is 668 g/mol. The highest BCUT2D eigenvalue weighted by Crippen LogP contribution is 2.11. The number of amides is 2. The quantitative estimate of drug-likeness (QED) is 0.109. The summed E-state index contributed by atoms with van der Waals surface area (Å²) in [6, 6.07) is 18.6. The van der Waals surface area contributed by atoms with Gasteiger partial charge in [0.1, 0.15) is 0 Å². The number of rotatable bonds is 20. The second-order valence-electron chi connectivity index (χ2n) is 11.3. The molecule has 2 rings (SSSR count). The molecule has 2 N–H and O–H groups in total. The third kappa shape index (κ3) is 25.4. The van der Waals surface area contributed by atoms with E-state index in [-0.39, 0.29) is 0 Å². The molecule has 0 unspecified atom stereocenters. The van der Waals surface area contributed by atoms with Crippen LogP contribution in [0.25, 0.3) is 0 Å². The zero-order valence-corrected chi connectivity index (χ0v) is 29.1. The van der Waals surface area contributed by atoms with Crippen molar-refractivity contribution in [1.29, 1.82) is 0 Å². The van der Waals surface area contributed by atoms with Crippen LogP contribution in [0.2, 0.25) is 0 Å². The molecule has 0 aromatic heterocycles. The molecule has 0 heterocycles. The molecular weight excluding hydrogens is 620 g/mol. The average Bonchev–Trinajstić information content (AvgIpc) is 3.13. The van der Waals surface area contributed by atoms with E-state index < -0.39 is 12.2 Å². The summed E-state index contributed by atoms with van der Waals surface area (Å²) in [5.74, 6) is 33.2. The molecule has 2 aromatic rings. The fourth-order valence-corrected chi connectivity index (χ4v) is 4.54. The highest BCUT2D eigenvalue weighted by molar-refractivity contribution is 5.84. The van der Waals surface area contributed by atoms with Gasteiger partial charge < -0.3 is 9.47 Å². The highest BCUT2D eigenvalue weighted by atomic mass is 16.6. The van der Waals surface area contributed by atoms with E-state index in [0.717, 1.165) is 88.4 Å². The molecule has 258 valence electrons. The van der Waals surface area contributed by atoms with Gasteiger partial charge >= 0.3 is 12.2 Å². The van der Waals surface area contributed by atoms with E-state index in [1.165, 1.54) is 25.7 Å². The Morgan fingerprint density at radius 1 is 0.400 bits per heavy atom. The number of para-hydroxylation sites is 2. The number of nitrogens with one attached hydrogen (secondary N) is 2. The number of hydrogen-bond acceptors (Lipinski definition) is 4. The number of carbonyl (C=O) groups excluding carboxylic acids is 2. The van der Waals surface area contributed by atoms with E-state index in [9.17, 15) is 9.59 Å². The molecule has 6 nitrogen and oxygen atoms in total. The van der Waals surface area contributed by atoms with E-state index in [2.05, 4.69) is 81.7 Å². The molecule has 2 aromatic carbocycles. The maximum absolute atomic E-state index is 11.7. The largest absolute Gasteiger partial charge is 0.449 e. The summed E-state index contributed by atoms with van der Waals surface area (Å²) in [5, 5.41) is 5.43. The van der Waals surface area contributed by atoms with Gasteiger partial charge in [-0.2, -0.15) is 0 Å². The van der Waals surface area contributed by atoms with Gasteiger partial charge in [-0.1, -0.05) is 112 Å². The third-order valence-corrected chi connectivity index (χ3v) is 7.14. The second kappa shape index (κ2) is 30.7. The Morgan fingerprint density at radius 3 is 1.06 bits per heavy atom. The van der Waals surface area contributed by atoms with Gasteiger partial charge in [0.25, 0.3) is 0 Å². The normalized spacial score (nSPS) is 9.04. The fourth-order valence-electron chi connectivity index (χ4n) is 4.54. The van der Waals surface area contributed by atoms with Crippen LogP contribution in [-0.4, -0.2) is 25.4 Å². The summed E-state index contributed by atoms with van der Waals surface area (Å²) in [6.45, 7) is 0.887. The van der Waals surface area contributed by atoms with Gasteiger partial charge in [0.15, 0.2) is 0 Å². The van der Waals surface area contributed by atoms with Gasteiger partial charge in [0.2, 0.25) is 0 Å². The summed E-state index contributed by atoms with van der Waals surface area (Å²) >= 11 is 0. The van der Waals surface area contributed by atoms with E-state index in [1.807, 2.05) is 60.7 Å². The average molecular weight is 669 g/mol. The van der Waals surface area contributed by atoms with E-state index in [0.29, 0.717) is 13.2 Å². The predicted octanol–water partition coefficient (Wildman–Crippen LogP) is 9.75. The van der Waals surface area contributed by atoms with Crippen LogP contribution < -0.4 is 10.6 Å². The SMILES string of the molecule is O=C(Nc1ccccc1)OCCCCCCCCCC#CC#CC#CC#CC#CC#CCCCCCCCCCOC(=O)Nc1ccccc1. The minimum absolute atomic E-state index is 0.402. The molecule has 0 aliphatic rings. The summed E-state index contributed by atoms with van der Waals surface area (Å²) < 4.78 is 10.4. The van der Waals surface area contributed by atoms with Gasteiger partial charge in [-0.05, 0) is 109 Å². The zero-order valence-electron chi connectivity index (χ0n) is 29.1. The molecule has 0 atom stereocenters. The van der Waals surface area contributed by atoms with Crippen LogP contribution in [0.15, 0.2) is 60.7 Å².